The Morgan fingerprint density at radius 3 is 2.59 bits per heavy atom. The van der Waals surface area contributed by atoms with Gasteiger partial charge in [0.1, 0.15) is 16.1 Å². The van der Waals surface area contributed by atoms with E-state index in [1.807, 2.05) is 12.1 Å². The molecule has 1 aliphatic heterocycles. The van der Waals surface area contributed by atoms with Crippen molar-refractivity contribution >= 4 is 46.3 Å². The molecule has 0 saturated carbocycles. The zero-order chi connectivity index (χ0) is 16.3. The molecule has 0 radical (unpaired) electrons. The molecule has 1 fully saturated rings. The maximum absolute atomic E-state index is 12.4. The summed E-state index contributed by atoms with van der Waals surface area (Å²) in [4.78, 5) is 25.3. The third kappa shape index (κ3) is 3.31. The van der Waals surface area contributed by atoms with E-state index < -0.39 is 12.0 Å². The van der Waals surface area contributed by atoms with Gasteiger partial charge in [-0.1, -0.05) is 43.0 Å². The van der Waals surface area contributed by atoms with E-state index in [4.69, 9.17) is 17.0 Å². The third-order valence-electron chi connectivity index (χ3n) is 3.22. The van der Waals surface area contributed by atoms with Crippen LogP contribution in [0.15, 0.2) is 29.2 Å². The fourth-order valence-corrected chi connectivity index (χ4v) is 3.42. The maximum atomic E-state index is 12.4. The minimum atomic E-state index is -1.05. The first-order chi connectivity index (χ1) is 10.5. The van der Waals surface area contributed by atoms with Crippen LogP contribution < -0.4 is 4.74 Å². The molecule has 1 unspecified atom stereocenters. The van der Waals surface area contributed by atoms with Crippen molar-refractivity contribution in [1.29, 1.82) is 0 Å². The molecule has 1 saturated heterocycles. The number of carboxylic acids is 1. The number of hydrogen-bond acceptors (Lipinski definition) is 5. The quantitative estimate of drug-likeness (QED) is 0.658. The average Bonchev–Trinajstić information content (AvgIpc) is 2.76. The lowest BCUT2D eigenvalue weighted by atomic mass is 10.1. The molecular formula is C15H15NO4S2. The minimum absolute atomic E-state index is 0.277. The average molecular weight is 337 g/mol. The highest BCUT2D eigenvalue weighted by Gasteiger charge is 2.39. The van der Waals surface area contributed by atoms with Crippen LogP contribution in [0.2, 0.25) is 0 Å². The van der Waals surface area contributed by atoms with Gasteiger partial charge in [-0.2, -0.15) is 0 Å². The predicted molar refractivity (Wildman–Crippen MR) is 89.7 cm³/mol. The van der Waals surface area contributed by atoms with Gasteiger partial charge >= 0.3 is 5.97 Å². The number of ether oxygens (including phenoxy) is 1. The van der Waals surface area contributed by atoms with Crippen molar-refractivity contribution in [2.75, 3.05) is 7.11 Å². The molecule has 0 aliphatic carbocycles. The van der Waals surface area contributed by atoms with Crippen LogP contribution in [-0.4, -0.2) is 39.4 Å². The van der Waals surface area contributed by atoms with Crippen molar-refractivity contribution in [1.82, 2.24) is 4.90 Å². The first-order valence-electron chi connectivity index (χ1n) is 6.61. The number of carbonyl (C=O) groups excluding carboxylic acids is 1. The van der Waals surface area contributed by atoms with Gasteiger partial charge in [-0.05, 0) is 30.2 Å². The van der Waals surface area contributed by atoms with E-state index in [0.29, 0.717) is 11.3 Å². The molecule has 1 aliphatic rings. The second kappa shape index (κ2) is 6.93. The van der Waals surface area contributed by atoms with Gasteiger partial charge in [0.05, 0.1) is 12.0 Å². The van der Waals surface area contributed by atoms with Crippen LogP contribution in [0.5, 0.6) is 5.75 Å². The van der Waals surface area contributed by atoms with E-state index in [0.717, 1.165) is 23.1 Å². The van der Waals surface area contributed by atoms with Gasteiger partial charge in [-0.15, -0.1) is 0 Å². The summed E-state index contributed by atoms with van der Waals surface area (Å²) in [7, 11) is 1.58. The van der Waals surface area contributed by atoms with Crippen molar-refractivity contribution in [3.8, 4) is 5.75 Å². The molecule has 5 nitrogen and oxygen atoms in total. The molecule has 22 heavy (non-hydrogen) atoms. The van der Waals surface area contributed by atoms with Gasteiger partial charge < -0.3 is 9.84 Å². The lowest BCUT2D eigenvalue weighted by Gasteiger charge is -2.21. The van der Waals surface area contributed by atoms with Crippen LogP contribution in [0.3, 0.4) is 0 Å². The van der Waals surface area contributed by atoms with Crippen LogP contribution in [-0.2, 0) is 9.59 Å². The number of rotatable bonds is 5. The van der Waals surface area contributed by atoms with Crippen molar-refractivity contribution in [2.24, 2.45) is 0 Å². The second-order valence-corrected chi connectivity index (χ2v) is 6.26. The number of carboxylic acid groups (broad SMARTS) is 1. The third-order valence-corrected chi connectivity index (χ3v) is 4.55. The zero-order valence-corrected chi connectivity index (χ0v) is 13.7. The number of amides is 1. The summed E-state index contributed by atoms with van der Waals surface area (Å²) in [5, 5.41) is 9.21. The highest BCUT2D eigenvalue weighted by molar-refractivity contribution is 8.26. The van der Waals surface area contributed by atoms with Crippen molar-refractivity contribution in [3.63, 3.8) is 0 Å². The topological polar surface area (TPSA) is 66.8 Å². The maximum Gasteiger partial charge on any atom is 0.326 e. The van der Waals surface area contributed by atoms with Gasteiger partial charge in [0.2, 0.25) is 0 Å². The Hall–Kier alpha value is -1.86. The summed E-state index contributed by atoms with van der Waals surface area (Å²) in [6, 6.07) is 6.30. The Labute approximate surface area is 137 Å². The molecule has 0 spiro atoms. The number of thioether (sulfide) groups is 1. The lowest BCUT2D eigenvalue weighted by molar-refractivity contribution is -0.145. The number of nitrogens with zero attached hydrogens (tertiary/aromatic N) is 1. The van der Waals surface area contributed by atoms with E-state index >= 15 is 0 Å². The van der Waals surface area contributed by atoms with Gasteiger partial charge in [0.15, 0.2) is 0 Å². The molecule has 1 aromatic rings. The van der Waals surface area contributed by atoms with Gasteiger partial charge in [-0.3, -0.25) is 9.69 Å². The highest BCUT2D eigenvalue weighted by Crippen LogP contribution is 2.34. The van der Waals surface area contributed by atoms with E-state index in [1.165, 1.54) is 4.90 Å². The predicted octanol–water partition coefficient (Wildman–Crippen LogP) is 2.76. The molecule has 1 heterocycles. The van der Waals surface area contributed by atoms with E-state index in [-0.39, 0.29) is 10.2 Å². The van der Waals surface area contributed by atoms with E-state index in [2.05, 4.69) is 0 Å². The molecule has 1 amide bonds. The Morgan fingerprint density at radius 2 is 2.09 bits per heavy atom. The normalized spacial score (nSPS) is 17.9. The molecule has 2 rings (SSSR count). The Balaban J connectivity index is 2.26. The van der Waals surface area contributed by atoms with Gasteiger partial charge in [-0.25, -0.2) is 4.79 Å². The summed E-state index contributed by atoms with van der Waals surface area (Å²) < 4.78 is 5.36. The first kappa shape index (κ1) is 16.5. The van der Waals surface area contributed by atoms with Crippen molar-refractivity contribution in [3.05, 3.63) is 34.7 Å². The molecular weight excluding hydrogens is 322 g/mol. The summed E-state index contributed by atoms with van der Waals surface area (Å²) in [6.07, 6.45) is 2.00. The summed E-state index contributed by atoms with van der Waals surface area (Å²) in [5.41, 5.74) is 0.824. The Bertz CT molecular complexity index is 639. The highest BCUT2D eigenvalue weighted by atomic mass is 32.2. The van der Waals surface area contributed by atoms with Crippen LogP contribution in [0.25, 0.3) is 6.08 Å². The monoisotopic (exact) mass is 337 g/mol. The number of aliphatic carboxylic acids is 1. The number of benzene rings is 1. The van der Waals surface area contributed by atoms with Crippen molar-refractivity contribution < 1.29 is 19.4 Å². The van der Waals surface area contributed by atoms with Crippen LogP contribution >= 0.6 is 24.0 Å². The molecule has 1 N–H and O–H groups in total. The van der Waals surface area contributed by atoms with Crippen LogP contribution in [0.4, 0.5) is 0 Å². The number of hydrogen-bond donors (Lipinski definition) is 1. The molecule has 1 atom stereocenters. The summed E-state index contributed by atoms with van der Waals surface area (Å²) in [6.45, 7) is 1.71. The fourth-order valence-electron chi connectivity index (χ4n) is 2.07. The van der Waals surface area contributed by atoms with E-state index in [9.17, 15) is 14.7 Å². The first-order valence-corrected chi connectivity index (χ1v) is 7.84. The Kier molecular flexibility index (Phi) is 5.20. The molecule has 7 heteroatoms. The Morgan fingerprint density at radius 1 is 1.45 bits per heavy atom. The van der Waals surface area contributed by atoms with Gasteiger partial charge in [0, 0.05) is 0 Å². The molecule has 116 valence electrons. The smallest absolute Gasteiger partial charge is 0.326 e. The summed E-state index contributed by atoms with van der Waals surface area (Å²) >= 11 is 6.28. The molecule has 0 bridgehead atoms. The number of methoxy groups -OCH3 is 1. The van der Waals surface area contributed by atoms with Crippen LogP contribution in [0, 0.1) is 0 Å². The van der Waals surface area contributed by atoms with Gasteiger partial charge in [0.25, 0.3) is 5.91 Å². The number of thiocarbonyl (C=S) groups is 1. The zero-order valence-electron chi connectivity index (χ0n) is 12.1. The summed E-state index contributed by atoms with van der Waals surface area (Å²) in [5.74, 6) is -0.689. The van der Waals surface area contributed by atoms with Crippen molar-refractivity contribution in [2.45, 2.75) is 19.4 Å². The lowest BCUT2D eigenvalue weighted by Crippen LogP contribution is -2.43. The van der Waals surface area contributed by atoms with E-state index in [1.54, 1.807) is 32.2 Å². The number of carbonyl (C=O) groups is 2. The second-order valence-electron chi connectivity index (χ2n) is 4.59. The van der Waals surface area contributed by atoms with Crippen LogP contribution in [0.1, 0.15) is 18.9 Å². The standard InChI is InChI=1S/C15H15NO4S2/c1-3-11(14(18)19)16-13(17)12(22-15(16)21)8-9-4-6-10(20-2)7-5-9/h4-8,11H,3H2,1-2H3,(H,18,19)/b12-8-. The largest absolute Gasteiger partial charge is 0.497 e. The fraction of sp³-hybridized carbons (Fsp3) is 0.267. The SMILES string of the molecule is CCC(C(=O)O)N1C(=O)/C(=C/c2ccc(OC)cc2)SC1=S. The minimum Gasteiger partial charge on any atom is -0.497 e. The molecule has 0 aromatic heterocycles. The molecule has 1 aromatic carbocycles.